The molecule has 1 N–H and O–H groups in total. The van der Waals surface area contributed by atoms with Crippen LogP contribution in [-0.2, 0) is 37.0 Å². The fourth-order valence-electron chi connectivity index (χ4n) is 3.33. The Kier molecular flexibility index (Phi) is 16.4. The van der Waals surface area contributed by atoms with Crippen molar-refractivity contribution in [1.82, 2.24) is 5.32 Å². The van der Waals surface area contributed by atoms with Crippen LogP contribution in [0.5, 0.6) is 0 Å². The molecule has 224 valence electrons. The Labute approximate surface area is 236 Å². The van der Waals surface area contributed by atoms with Crippen LogP contribution in [0.3, 0.4) is 0 Å². The summed E-state index contributed by atoms with van der Waals surface area (Å²) in [4.78, 5) is 48.6. The fourth-order valence-corrected chi connectivity index (χ4v) is 5.95. The van der Waals surface area contributed by atoms with E-state index in [0.29, 0.717) is 38.8 Å². The van der Waals surface area contributed by atoms with Gasteiger partial charge in [-0.25, -0.2) is 19.2 Å². The lowest BCUT2D eigenvalue weighted by Gasteiger charge is -2.28. The van der Waals surface area contributed by atoms with Gasteiger partial charge < -0.3 is 37.5 Å². The molecule has 40 heavy (non-hydrogen) atoms. The number of benzene rings is 1. The van der Waals surface area contributed by atoms with E-state index < -0.39 is 38.9 Å². The Hall–Kier alpha value is -3.26. The molecule has 12 nitrogen and oxygen atoms in total. The van der Waals surface area contributed by atoms with Crippen molar-refractivity contribution in [3.8, 4) is 0 Å². The van der Waals surface area contributed by atoms with E-state index >= 15 is 0 Å². The van der Waals surface area contributed by atoms with Crippen LogP contribution < -0.4 is 5.32 Å². The summed E-state index contributed by atoms with van der Waals surface area (Å²) in [6.45, 7) is 13.3. The Bertz CT molecular complexity index is 968. The standard InChI is InChI=1S/C27H41NO11Si/c1-7-36-40(37-8-2,38-9-3)18-12-15-28-27(32)39-21(6)19-35-26(31)23-14-11-10-13-22(23)25(30)34-17-16-33-24(29)20(4)5/h10-11,13-14,21H,4,7-9,12,15-19H2,1-3,5-6H3,(H,28,32). The summed E-state index contributed by atoms with van der Waals surface area (Å²) < 4.78 is 37.8. The predicted molar refractivity (Wildman–Crippen MR) is 147 cm³/mol. The van der Waals surface area contributed by atoms with Gasteiger partial charge in [0, 0.05) is 38.0 Å². The Balaban J connectivity index is 2.50. The number of hydrogen-bond acceptors (Lipinski definition) is 11. The summed E-state index contributed by atoms with van der Waals surface area (Å²) in [6.07, 6.45) is -0.861. The third kappa shape index (κ3) is 12.7. The molecule has 1 atom stereocenters. The molecule has 0 saturated carbocycles. The van der Waals surface area contributed by atoms with Gasteiger partial charge in [-0.2, -0.15) is 0 Å². The van der Waals surface area contributed by atoms with E-state index in [1.54, 1.807) is 19.1 Å². The van der Waals surface area contributed by atoms with Crippen molar-refractivity contribution in [1.29, 1.82) is 0 Å². The molecule has 1 amide bonds. The lowest BCUT2D eigenvalue weighted by molar-refractivity contribution is -0.140. The van der Waals surface area contributed by atoms with Crippen LogP contribution in [0.2, 0.25) is 6.04 Å². The summed E-state index contributed by atoms with van der Waals surface area (Å²) >= 11 is 0. The normalized spacial score (nSPS) is 11.7. The summed E-state index contributed by atoms with van der Waals surface area (Å²) in [7, 11) is -2.79. The monoisotopic (exact) mass is 583 g/mol. The van der Waals surface area contributed by atoms with Crippen molar-refractivity contribution in [2.24, 2.45) is 0 Å². The highest BCUT2D eigenvalue weighted by Gasteiger charge is 2.39. The second kappa shape index (κ2) is 18.9. The first-order valence-corrected chi connectivity index (χ1v) is 15.1. The van der Waals surface area contributed by atoms with Crippen LogP contribution in [0, 0.1) is 0 Å². The van der Waals surface area contributed by atoms with Crippen molar-refractivity contribution in [2.45, 2.75) is 53.2 Å². The minimum Gasteiger partial charge on any atom is -0.459 e. The number of ether oxygens (including phenoxy) is 4. The molecule has 1 aromatic rings. The number of rotatable bonds is 19. The Morgan fingerprint density at radius 3 is 1.93 bits per heavy atom. The van der Waals surface area contributed by atoms with Gasteiger partial charge in [0.15, 0.2) is 0 Å². The highest BCUT2D eigenvalue weighted by Crippen LogP contribution is 2.18. The van der Waals surface area contributed by atoms with Crippen LogP contribution >= 0.6 is 0 Å². The maximum Gasteiger partial charge on any atom is 0.500 e. The highest BCUT2D eigenvalue weighted by atomic mass is 28.4. The van der Waals surface area contributed by atoms with Crippen molar-refractivity contribution in [3.63, 3.8) is 0 Å². The van der Waals surface area contributed by atoms with Gasteiger partial charge in [0.05, 0.1) is 11.1 Å². The van der Waals surface area contributed by atoms with Crippen molar-refractivity contribution >= 4 is 32.8 Å². The van der Waals surface area contributed by atoms with Crippen LogP contribution in [0.1, 0.15) is 61.8 Å². The zero-order chi connectivity index (χ0) is 30.0. The smallest absolute Gasteiger partial charge is 0.459 e. The molecular weight excluding hydrogens is 542 g/mol. The summed E-state index contributed by atoms with van der Waals surface area (Å²) in [6, 6.07) is 6.49. The summed E-state index contributed by atoms with van der Waals surface area (Å²) in [5.74, 6) is -2.17. The molecule has 0 fully saturated rings. The average Bonchev–Trinajstić information content (AvgIpc) is 2.92. The molecular formula is C27H41NO11Si. The molecule has 1 unspecified atom stereocenters. The Morgan fingerprint density at radius 1 is 0.875 bits per heavy atom. The first kappa shape index (κ1) is 34.8. The Morgan fingerprint density at radius 2 is 1.40 bits per heavy atom. The van der Waals surface area contributed by atoms with Crippen LogP contribution in [-0.4, -0.2) is 85.1 Å². The van der Waals surface area contributed by atoms with E-state index in [-0.39, 0.29) is 36.5 Å². The zero-order valence-corrected chi connectivity index (χ0v) is 24.9. The van der Waals surface area contributed by atoms with E-state index in [1.807, 2.05) is 20.8 Å². The molecule has 1 aromatic carbocycles. The number of carbonyl (C=O) groups excluding carboxylic acids is 4. The minimum atomic E-state index is -2.79. The zero-order valence-electron chi connectivity index (χ0n) is 23.9. The maximum atomic E-state index is 12.6. The van der Waals surface area contributed by atoms with Crippen LogP contribution in [0.25, 0.3) is 0 Å². The topological polar surface area (TPSA) is 145 Å². The number of amides is 1. The molecule has 0 aliphatic rings. The van der Waals surface area contributed by atoms with Gasteiger partial charge in [0.2, 0.25) is 0 Å². The molecule has 0 spiro atoms. The third-order valence-corrected chi connectivity index (χ3v) is 8.20. The number of esters is 3. The van der Waals surface area contributed by atoms with Gasteiger partial charge in [0.1, 0.15) is 25.9 Å². The molecule has 0 bridgehead atoms. The van der Waals surface area contributed by atoms with Crippen LogP contribution in [0.4, 0.5) is 4.79 Å². The van der Waals surface area contributed by atoms with E-state index in [4.69, 9.17) is 32.2 Å². The van der Waals surface area contributed by atoms with Gasteiger partial charge >= 0.3 is 32.8 Å². The third-order valence-electron chi connectivity index (χ3n) is 5.04. The van der Waals surface area contributed by atoms with Crippen molar-refractivity contribution in [3.05, 3.63) is 47.5 Å². The maximum absolute atomic E-state index is 12.6. The first-order valence-electron chi connectivity index (χ1n) is 13.2. The largest absolute Gasteiger partial charge is 0.500 e. The van der Waals surface area contributed by atoms with Gasteiger partial charge in [-0.3, -0.25) is 0 Å². The first-order chi connectivity index (χ1) is 19.1. The van der Waals surface area contributed by atoms with E-state index in [0.717, 1.165) is 0 Å². The quantitative estimate of drug-likeness (QED) is 0.0837. The lowest BCUT2D eigenvalue weighted by atomic mass is 10.1. The van der Waals surface area contributed by atoms with E-state index in [2.05, 4.69) is 11.9 Å². The molecule has 13 heteroatoms. The summed E-state index contributed by atoms with van der Waals surface area (Å²) in [5, 5.41) is 2.65. The van der Waals surface area contributed by atoms with Gasteiger partial charge in [-0.15, -0.1) is 0 Å². The molecule has 0 aliphatic heterocycles. The molecule has 0 heterocycles. The molecule has 0 radical (unpaired) electrons. The van der Waals surface area contributed by atoms with Crippen LogP contribution in [0.15, 0.2) is 36.4 Å². The predicted octanol–water partition coefficient (Wildman–Crippen LogP) is 3.67. The molecule has 0 saturated heterocycles. The highest BCUT2D eigenvalue weighted by molar-refractivity contribution is 6.60. The van der Waals surface area contributed by atoms with Gasteiger partial charge in [0.25, 0.3) is 0 Å². The van der Waals surface area contributed by atoms with Gasteiger partial charge in [-0.1, -0.05) is 18.7 Å². The second-order valence-electron chi connectivity index (χ2n) is 8.42. The molecule has 0 aromatic heterocycles. The SMILES string of the molecule is C=C(C)C(=O)OCCOC(=O)c1ccccc1C(=O)OCC(C)OC(=O)NCCC[Si](OCC)(OCC)OCC. The molecule has 1 rings (SSSR count). The fraction of sp³-hybridized carbons (Fsp3) is 0.556. The van der Waals surface area contributed by atoms with E-state index in [1.165, 1.54) is 19.1 Å². The number of hydrogen-bond donors (Lipinski definition) is 1. The summed E-state index contributed by atoms with van der Waals surface area (Å²) in [5.41, 5.74) is 0.185. The lowest BCUT2D eigenvalue weighted by Crippen LogP contribution is -2.46. The minimum absolute atomic E-state index is 0.0178. The number of carbonyl (C=O) groups is 4. The number of nitrogens with one attached hydrogen (secondary N) is 1. The average molecular weight is 584 g/mol. The van der Waals surface area contributed by atoms with Crippen molar-refractivity contribution in [2.75, 3.05) is 46.2 Å². The number of alkyl carbamates (subject to hydrolysis) is 1. The second-order valence-corrected chi connectivity index (χ2v) is 11.2. The van der Waals surface area contributed by atoms with E-state index in [9.17, 15) is 19.2 Å². The van der Waals surface area contributed by atoms with Gasteiger partial charge in [-0.05, 0) is 53.2 Å². The van der Waals surface area contributed by atoms with Crippen molar-refractivity contribution < 1.29 is 51.4 Å². The molecule has 0 aliphatic carbocycles.